The van der Waals surface area contributed by atoms with Crippen LogP contribution in [0.2, 0.25) is 5.02 Å². The number of rotatable bonds is 6. The van der Waals surface area contributed by atoms with Gasteiger partial charge in [0.15, 0.2) is 5.82 Å². The van der Waals surface area contributed by atoms with Crippen molar-refractivity contribution in [3.05, 3.63) is 34.7 Å². The van der Waals surface area contributed by atoms with E-state index in [4.69, 9.17) is 21.6 Å². The lowest BCUT2D eigenvalue weighted by Crippen LogP contribution is -2.46. The van der Waals surface area contributed by atoms with Gasteiger partial charge in [-0.1, -0.05) is 24.4 Å². The van der Waals surface area contributed by atoms with Crippen molar-refractivity contribution < 1.29 is 4.39 Å². The minimum absolute atomic E-state index is 0.325. The van der Waals surface area contributed by atoms with Crippen molar-refractivity contribution in [3.63, 3.8) is 0 Å². The lowest BCUT2D eigenvalue weighted by Gasteiger charge is -2.34. The van der Waals surface area contributed by atoms with Gasteiger partial charge in [-0.25, -0.2) is 9.37 Å². The summed E-state index contributed by atoms with van der Waals surface area (Å²) in [6.45, 7) is 6.44. The number of aromatic nitrogens is 4. The highest BCUT2D eigenvalue weighted by Crippen LogP contribution is 2.31. The van der Waals surface area contributed by atoms with Crippen LogP contribution in [-0.2, 0) is 6.54 Å². The van der Waals surface area contributed by atoms with Crippen LogP contribution >= 0.6 is 11.6 Å². The van der Waals surface area contributed by atoms with Crippen LogP contribution in [0.25, 0.3) is 11.0 Å². The van der Waals surface area contributed by atoms with Crippen molar-refractivity contribution in [1.29, 1.82) is 0 Å². The molecule has 0 atom stereocenters. The molecule has 1 saturated heterocycles. The molecule has 3 aromatic rings. The molecule has 2 N–H and O–H groups in total. The molecule has 2 fully saturated rings. The number of hydrogen-bond acceptors (Lipinski definition) is 6. The fourth-order valence-electron chi connectivity index (χ4n) is 5.07. The summed E-state index contributed by atoms with van der Waals surface area (Å²) < 4.78 is 16.4. The lowest BCUT2D eigenvalue weighted by atomic mass is 10.0. The maximum Gasteiger partial charge on any atom is 0.228 e. The summed E-state index contributed by atoms with van der Waals surface area (Å²) in [7, 11) is 0. The van der Waals surface area contributed by atoms with Crippen LogP contribution in [0.15, 0.2) is 18.2 Å². The molecule has 1 aromatic carbocycles. The summed E-state index contributed by atoms with van der Waals surface area (Å²) in [6, 6.07) is 5.83. The van der Waals surface area contributed by atoms with E-state index in [2.05, 4.69) is 20.6 Å². The summed E-state index contributed by atoms with van der Waals surface area (Å²) in [6.07, 6.45) is 7.44. The standard InChI is InChI=1S/C24H31ClFN7/c1-3-33-22-21(15(2)31-33)29-24(30-23(22)28-20-9-8-16(25)14-19(20)26)32-12-10-18(11-13-32)27-17-6-4-5-7-17/h8-9,14,17-18,27H,3-7,10-13H2,1-2H3,(H,28,29,30). The maximum atomic E-state index is 14.6. The molecule has 0 unspecified atom stereocenters. The minimum Gasteiger partial charge on any atom is -0.341 e. The SMILES string of the molecule is CCn1nc(C)c2nc(N3CCC(NC4CCCC4)CC3)nc(Nc3ccc(Cl)cc3F)c21. The molecule has 0 bridgehead atoms. The monoisotopic (exact) mass is 471 g/mol. The highest BCUT2D eigenvalue weighted by atomic mass is 35.5. The van der Waals surface area contributed by atoms with Crippen LogP contribution in [0.5, 0.6) is 0 Å². The molecule has 5 rings (SSSR count). The van der Waals surface area contributed by atoms with E-state index < -0.39 is 5.82 Å². The van der Waals surface area contributed by atoms with Crippen molar-refractivity contribution in [2.24, 2.45) is 0 Å². The summed E-state index contributed by atoms with van der Waals surface area (Å²) in [5.41, 5.74) is 2.75. The molecule has 0 amide bonds. The Morgan fingerprint density at radius 3 is 2.52 bits per heavy atom. The maximum absolute atomic E-state index is 14.6. The average molecular weight is 472 g/mol. The number of fused-ring (bicyclic) bond motifs is 1. The van der Waals surface area contributed by atoms with E-state index in [1.807, 2.05) is 18.5 Å². The van der Waals surface area contributed by atoms with Gasteiger partial charge in [0.2, 0.25) is 5.95 Å². The Labute approximate surface area is 198 Å². The first kappa shape index (κ1) is 22.3. The second kappa shape index (κ2) is 9.43. The molecule has 3 heterocycles. The molecule has 7 nitrogen and oxygen atoms in total. The van der Waals surface area contributed by atoms with Gasteiger partial charge in [0.25, 0.3) is 0 Å². The van der Waals surface area contributed by atoms with E-state index >= 15 is 0 Å². The number of halogens is 2. The van der Waals surface area contributed by atoms with Gasteiger partial charge < -0.3 is 15.5 Å². The second-order valence-electron chi connectivity index (χ2n) is 9.13. The molecule has 176 valence electrons. The van der Waals surface area contributed by atoms with Crippen molar-refractivity contribution in [1.82, 2.24) is 25.1 Å². The zero-order valence-corrected chi connectivity index (χ0v) is 20.0. The Morgan fingerprint density at radius 2 is 1.82 bits per heavy atom. The van der Waals surface area contributed by atoms with Gasteiger partial charge in [-0.2, -0.15) is 10.1 Å². The van der Waals surface area contributed by atoms with Crippen LogP contribution in [-0.4, -0.2) is 44.9 Å². The van der Waals surface area contributed by atoms with Gasteiger partial charge in [0, 0.05) is 36.7 Å². The van der Waals surface area contributed by atoms with Gasteiger partial charge in [-0.3, -0.25) is 4.68 Å². The number of aryl methyl sites for hydroxylation is 2. The van der Waals surface area contributed by atoms with Gasteiger partial charge in [-0.15, -0.1) is 0 Å². The summed E-state index contributed by atoms with van der Waals surface area (Å²) in [4.78, 5) is 12.0. The topological polar surface area (TPSA) is 70.9 Å². The fourth-order valence-corrected chi connectivity index (χ4v) is 5.22. The van der Waals surface area contributed by atoms with Crippen LogP contribution in [0.3, 0.4) is 0 Å². The number of piperidine rings is 1. The molecule has 2 aromatic heterocycles. The first-order chi connectivity index (χ1) is 16.0. The van der Waals surface area contributed by atoms with Crippen LogP contribution in [0.4, 0.5) is 21.8 Å². The zero-order valence-electron chi connectivity index (χ0n) is 19.2. The molecule has 0 radical (unpaired) electrons. The molecule has 9 heteroatoms. The molecule has 1 aliphatic heterocycles. The van der Waals surface area contributed by atoms with Crippen LogP contribution < -0.4 is 15.5 Å². The van der Waals surface area contributed by atoms with E-state index in [1.54, 1.807) is 12.1 Å². The highest BCUT2D eigenvalue weighted by molar-refractivity contribution is 6.30. The molecule has 0 spiro atoms. The van der Waals surface area contributed by atoms with Gasteiger partial charge in [0.1, 0.15) is 16.9 Å². The van der Waals surface area contributed by atoms with Gasteiger partial charge >= 0.3 is 0 Å². The van der Waals surface area contributed by atoms with Crippen molar-refractivity contribution in [3.8, 4) is 0 Å². The highest BCUT2D eigenvalue weighted by Gasteiger charge is 2.26. The number of hydrogen-bond donors (Lipinski definition) is 2. The van der Waals surface area contributed by atoms with Crippen LogP contribution in [0, 0.1) is 12.7 Å². The smallest absolute Gasteiger partial charge is 0.228 e. The van der Waals surface area contributed by atoms with Gasteiger partial charge in [-0.05, 0) is 57.7 Å². The Bertz CT molecular complexity index is 1130. The minimum atomic E-state index is -0.422. The van der Waals surface area contributed by atoms with E-state index in [1.165, 1.54) is 31.7 Å². The quantitative estimate of drug-likeness (QED) is 0.515. The summed E-state index contributed by atoms with van der Waals surface area (Å²) in [5, 5.41) is 12.0. The largest absolute Gasteiger partial charge is 0.341 e. The van der Waals surface area contributed by atoms with Crippen molar-refractivity contribution in [2.75, 3.05) is 23.3 Å². The summed E-state index contributed by atoms with van der Waals surface area (Å²) in [5.74, 6) is 0.802. The van der Waals surface area contributed by atoms with E-state index in [0.717, 1.165) is 42.7 Å². The number of nitrogens with one attached hydrogen (secondary N) is 2. The van der Waals surface area contributed by atoms with E-state index in [9.17, 15) is 4.39 Å². The molecule has 1 saturated carbocycles. The average Bonchev–Trinajstić information content (AvgIpc) is 3.44. The molecule has 33 heavy (non-hydrogen) atoms. The Kier molecular flexibility index (Phi) is 6.38. The van der Waals surface area contributed by atoms with Crippen molar-refractivity contribution >= 4 is 40.1 Å². The Hall–Kier alpha value is -2.45. The molecular formula is C24H31ClFN7. The first-order valence-electron chi connectivity index (χ1n) is 12.0. The Balaban J connectivity index is 1.43. The van der Waals surface area contributed by atoms with E-state index in [0.29, 0.717) is 41.1 Å². The number of benzene rings is 1. The lowest BCUT2D eigenvalue weighted by molar-refractivity contribution is 0.366. The Morgan fingerprint density at radius 1 is 1.09 bits per heavy atom. The second-order valence-corrected chi connectivity index (χ2v) is 9.57. The third-order valence-corrected chi connectivity index (χ3v) is 7.07. The third-order valence-electron chi connectivity index (χ3n) is 6.83. The normalized spacial score (nSPS) is 17.9. The predicted octanol–water partition coefficient (Wildman–Crippen LogP) is 5.19. The van der Waals surface area contributed by atoms with Crippen molar-refractivity contribution in [2.45, 2.75) is 71.0 Å². The molecule has 1 aliphatic carbocycles. The number of nitrogens with zero attached hydrogens (tertiary/aromatic N) is 5. The molecule has 2 aliphatic rings. The fraction of sp³-hybridized carbons (Fsp3) is 0.542. The number of anilines is 3. The summed E-state index contributed by atoms with van der Waals surface area (Å²) >= 11 is 5.94. The predicted molar refractivity (Wildman–Crippen MR) is 131 cm³/mol. The first-order valence-corrected chi connectivity index (χ1v) is 12.4. The van der Waals surface area contributed by atoms with Crippen LogP contribution in [0.1, 0.15) is 51.1 Å². The van der Waals surface area contributed by atoms with Gasteiger partial charge in [0.05, 0.1) is 11.4 Å². The third kappa shape index (κ3) is 4.64. The molecular weight excluding hydrogens is 441 g/mol. The van der Waals surface area contributed by atoms with E-state index in [-0.39, 0.29) is 0 Å². The zero-order chi connectivity index (χ0) is 22.9.